The van der Waals surface area contributed by atoms with Crippen molar-refractivity contribution < 1.29 is 22.7 Å². The molecule has 2 saturated heterocycles. The molecule has 23 heavy (non-hydrogen) atoms. The maximum Gasteiger partial charge on any atom is 0.410 e. The van der Waals surface area contributed by atoms with Crippen LogP contribution in [0, 0.1) is 11.8 Å². The van der Waals surface area contributed by atoms with Crippen LogP contribution in [0.4, 0.5) is 18.0 Å². The lowest BCUT2D eigenvalue weighted by atomic mass is 9.82. The topological polar surface area (TPSA) is 41.6 Å². The van der Waals surface area contributed by atoms with E-state index in [0.29, 0.717) is 25.4 Å². The molecule has 0 radical (unpaired) electrons. The van der Waals surface area contributed by atoms with Crippen LogP contribution in [0.2, 0.25) is 0 Å². The minimum Gasteiger partial charge on any atom is -0.444 e. The number of hydrogen-bond acceptors (Lipinski definition) is 3. The fourth-order valence-corrected chi connectivity index (χ4v) is 3.37. The van der Waals surface area contributed by atoms with Gasteiger partial charge < -0.3 is 15.0 Å². The second-order valence-electron chi connectivity index (χ2n) is 7.64. The molecule has 2 rings (SSSR count). The molecule has 2 heterocycles. The summed E-state index contributed by atoms with van der Waals surface area (Å²) < 4.78 is 43.4. The van der Waals surface area contributed by atoms with Crippen LogP contribution in [0.5, 0.6) is 0 Å². The van der Waals surface area contributed by atoms with Crippen molar-refractivity contribution in [2.24, 2.45) is 11.8 Å². The largest absolute Gasteiger partial charge is 0.444 e. The Hall–Kier alpha value is -0.980. The molecule has 0 aliphatic carbocycles. The van der Waals surface area contributed by atoms with Gasteiger partial charge in [0.15, 0.2) is 0 Å². The summed E-state index contributed by atoms with van der Waals surface area (Å²) >= 11 is 0. The molecule has 2 unspecified atom stereocenters. The third-order valence-electron chi connectivity index (χ3n) is 4.68. The van der Waals surface area contributed by atoms with Gasteiger partial charge in [0.05, 0.1) is 5.92 Å². The Morgan fingerprint density at radius 3 is 2.13 bits per heavy atom. The number of carbonyl (C=O) groups is 1. The normalized spacial score (nSPS) is 27.8. The summed E-state index contributed by atoms with van der Waals surface area (Å²) in [5, 5.41) is 3.07. The van der Waals surface area contributed by atoms with Gasteiger partial charge >= 0.3 is 12.3 Å². The highest BCUT2D eigenvalue weighted by Gasteiger charge is 2.42. The molecule has 0 aromatic carbocycles. The quantitative estimate of drug-likeness (QED) is 0.796. The van der Waals surface area contributed by atoms with Gasteiger partial charge in [-0.25, -0.2) is 4.79 Å². The SMILES string of the molecule is CC(C)(C)OC(=O)N1CCC(C2CCC(C(F)(F)F)CN2)CC1. The second kappa shape index (κ2) is 6.87. The molecular formula is C16H27F3N2O2. The number of nitrogens with zero attached hydrogens (tertiary/aromatic N) is 1. The molecule has 2 fully saturated rings. The van der Waals surface area contributed by atoms with Crippen LogP contribution in [0.1, 0.15) is 46.5 Å². The Kier molecular flexibility index (Phi) is 5.48. The zero-order chi connectivity index (χ0) is 17.3. The summed E-state index contributed by atoms with van der Waals surface area (Å²) in [7, 11) is 0. The minimum absolute atomic E-state index is 0.0143. The molecule has 2 atom stereocenters. The molecule has 2 aliphatic heterocycles. The monoisotopic (exact) mass is 336 g/mol. The fraction of sp³-hybridized carbons (Fsp3) is 0.938. The Morgan fingerprint density at radius 1 is 1.09 bits per heavy atom. The number of piperidine rings is 2. The minimum atomic E-state index is -4.10. The van der Waals surface area contributed by atoms with E-state index >= 15 is 0 Å². The number of likely N-dealkylation sites (tertiary alicyclic amines) is 1. The average molecular weight is 336 g/mol. The van der Waals surface area contributed by atoms with Crippen LogP contribution in [0.25, 0.3) is 0 Å². The Labute approximate surface area is 135 Å². The maximum atomic E-state index is 12.7. The summed E-state index contributed by atoms with van der Waals surface area (Å²) in [6.07, 6.45) is -2.02. The van der Waals surface area contributed by atoms with Crippen molar-refractivity contribution in [3.63, 3.8) is 0 Å². The smallest absolute Gasteiger partial charge is 0.410 e. The summed E-state index contributed by atoms with van der Waals surface area (Å²) in [5.74, 6) is -0.886. The van der Waals surface area contributed by atoms with E-state index in [-0.39, 0.29) is 25.1 Å². The van der Waals surface area contributed by atoms with Gasteiger partial charge in [0.25, 0.3) is 0 Å². The zero-order valence-electron chi connectivity index (χ0n) is 14.1. The van der Waals surface area contributed by atoms with E-state index in [1.54, 1.807) is 4.90 Å². The van der Waals surface area contributed by atoms with Gasteiger partial charge in [-0.3, -0.25) is 0 Å². The third kappa shape index (κ3) is 5.26. The van der Waals surface area contributed by atoms with Crippen molar-refractivity contribution in [1.29, 1.82) is 0 Å². The first-order valence-electron chi connectivity index (χ1n) is 8.34. The molecular weight excluding hydrogens is 309 g/mol. The first-order chi connectivity index (χ1) is 10.6. The van der Waals surface area contributed by atoms with E-state index < -0.39 is 17.7 Å². The van der Waals surface area contributed by atoms with Gasteiger partial charge in [-0.05, 0) is 52.4 Å². The number of rotatable bonds is 1. The van der Waals surface area contributed by atoms with Gasteiger partial charge in [-0.1, -0.05) is 0 Å². The molecule has 0 aromatic rings. The van der Waals surface area contributed by atoms with Crippen LogP contribution in [-0.4, -0.2) is 48.4 Å². The lowest BCUT2D eigenvalue weighted by Crippen LogP contribution is -2.50. The summed E-state index contributed by atoms with van der Waals surface area (Å²) in [6, 6.07) is 0.134. The molecule has 0 saturated carbocycles. The van der Waals surface area contributed by atoms with E-state index in [9.17, 15) is 18.0 Å². The van der Waals surface area contributed by atoms with Crippen molar-refractivity contribution in [2.75, 3.05) is 19.6 Å². The first kappa shape index (κ1) is 18.4. The highest BCUT2D eigenvalue weighted by molar-refractivity contribution is 5.68. The lowest BCUT2D eigenvalue weighted by Gasteiger charge is -2.40. The van der Waals surface area contributed by atoms with Crippen LogP contribution >= 0.6 is 0 Å². The Balaban J connectivity index is 1.76. The Morgan fingerprint density at radius 2 is 1.70 bits per heavy atom. The average Bonchev–Trinajstić information content (AvgIpc) is 2.45. The van der Waals surface area contributed by atoms with Crippen molar-refractivity contribution >= 4 is 6.09 Å². The Bertz CT molecular complexity index is 405. The molecule has 0 bridgehead atoms. The van der Waals surface area contributed by atoms with E-state index in [4.69, 9.17) is 4.74 Å². The number of halogens is 3. The van der Waals surface area contributed by atoms with E-state index in [0.717, 1.165) is 12.8 Å². The molecule has 7 heteroatoms. The second-order valence-corrected chi connectivity index (χ2v) is 7.64. The number of carbonyl (C=O) groups excluding carboxylic acids is 1. The predicted molar refractivity (Wildman–Crippen MR) is 81.1 cm³/mol. The van der Waals surface area contributed by atoms with Crippen LogP contribution in [0.3, 0.4) is 0 Å². The third-order valence-corrected chi connectivity index (χ3v) is 4.68. The molecule has 0 aromatic heterocycles. The molecule has 0 spiro atoms. The van der Waals surface area contributed by atoms with Gasteiger partial charge in [0.2, 0.25) is 0 Å². The predicted octanol–water partition coefficient (Wildman–Crippen LogP) is 3.56. The maximum absolute atomic E-state index is 12.7. The molecule has 134 valence electrons. The number of hydrogen-bond donors (Lipinski definition) is 1. The van der Waals surface area contributed by atoms with Gasteiger partial charge in [-0.15, -0.1) is 0 Å². The molecule has 1 N–H and O–H groups in total. The van der Waals surface area contributed by atoms with Crippen LogP contribution in [-0.2, 0) is 4.74 Å². The summed E-state index contributed by atoms with van der Waals surface area (Å²) in [6.45, 7) is 6.74. The van der Waals surface area contributed by atoms with Crippen LogP contribution in [0.15, 0.2) is 0 Å². The van der Waals surface area contributed by atoms with Crippen molar-refractivity contribution in [1.82, 2.24) is 10.2 Å². The summed E-state index contributed by atoms with van der Waals surface area (Å²) in [5.41, 5.74) is -0.508. The van der Waals surface area contributed by atoms with Gasteiger partial charge in [-0.2, -0.15) is 13.2 Å². The molecule has 1 amide bonds. The van der Waals surface area contributed by atoms with Crippen LogP contribution < -0.4 is 5.32 Å². The zero-order valence-corrected chi connectivity index (χ0v) is 14.1. The van der Waals surface area contributed by atoms with Crippen molar-refractivity contribution in [2.45, 2.75) is 64.3 Å². The number of ether oxygens (including phenoxy) is 1. The number of amides is 1. The molecule has 4 nitrogen and oxygen atoms in total. The number of nitrogens with one attached hydrogen (secondary N) is 1. The van der Waals surface area contributed by atoms with E-state index in [1.165, 1.54) is 0 Å². The molecule has 2 aliphatic rings. The highest BCUT2D eigenvalue weighted by atomic mass is 19.4. The van der Waals surface area contributed by atoms with E-state index in [2.05, 4.69) is 5.32 Å². The first-order valence-corrected chi connectivity index (χ1v) is 8.34. The lowest BCUT2D eigenvalue weighted by molar-refractivity contribution is -0.180. The van der Waals surface area contributed by atoms with Gasteiger partial charge in [0, 0.05) is 25.7 Å². The van der Waals surface area contributed by atoms with E-state index in [1.807, 2.05) is 20.8 Å². The van der Waals surface area contributed by atoms with Gasteiger partial charge in [0.1, 0.15) is 5.60 Å². The fourth-order valence-electron chi connectivity index (χ4n) is 3.37. The van der Waals surface area contributed by atoms with Crippen molar-refractivity contribution in [3.8, 4) is 0 Å². The highest BCUT2D eigenvalue weighted by Crippen LogP contribution is 2.35. The van der Waals surface area contributed by atoms with Crippen molar-refractivity contribution in [3.05, 3.63) is 0 Å². The summed E-state index contributed by atoms with van der Waals surface area (Å²) in [4.78, 5) is 13.7. The number of alkyl halides is 3. The standard InChI is InChI=1S/C16H27F3N2O2/c1-15(2,3)23-14(22)21-8-6-11(7-9-21)13-5-4-12(10-20-13)16(17,18)19/h11-13,20H,4-10H2,1-3H3.